The molecule has 0 unspecified atom stereocenters. The first-order valence-electron chi connectivity index (χ1n) is 2.52. The average molecular weight is 82.0 g/mol. The summed E-state index contributed by atoms with van der Waals surface area (Å²) in [6.07, 6.45) is 5.72. The lowest BCUT2D eigenvalue weighted by Gasteiger charge is -1.81. The highest BCUT2D eigenvalue weighted by Gasteiger charge is 1.71. The summed E-state index contributed by atoms with van der Waals surface area (Å²) in [6.45, 7) is 3.60. The second-order valence-electron chi connectivity index (χ2n) is 1.43. The van der Waals surface area contributed by atoms with Gasteiger partial charge in [-0.2, -0.15) is 0 Å². The molecule has 0 saturated heterocycles. The van der Waals surface area contributed by atoms with E-state index in [0.717, 1.165) is 0 Å². The average Bonchev–Trinajstić information content (AvgIpc) is 1.61. The Balaban J connectivity index is 2.49. The Morgan fingerprint density at radius 2 is 2.33 bits per heavy atom. The van der Waals surface area contributed by atoms with Crippen LogP contribution in [0.1, 0.15) is 12.8 Å². The van der Waals surface area contributed by atoms with Crippen molar-refractivity contribution >= 4 is 7.85 Å². The second kappa shape index (κ2) is 4.80. The van der Waals surface area contributed by atoms with Crippen LogP contribution in [0.3, 0.4) is 0 Å². The molecule has 0 atom stereocenters. The second-order valence-corrected chi connectivity index (χ2v) is 1.43. The molecule has 34 valence electrons. The van der Waals surface area contributed by atoms with Crippen LogP contribution in [0.4, 0.5) is 0 Å². The number of unbranched alkanes of at least 4 members (excludes halogenated alkanes) is 1. The number of allylic oxidation sites excluding steroid dienone is 1. The molecular formula is C5H11B. The van der Waals surface area contributed by atoms with Crippen molar-refractivity contribution in [3.63, 3.8) is 0 Å². The zero-order chi connectivity index (χ0) is 4.83. The molecule has 0 amide bonds. The summed E-state index contributed by atoms with van der Waals surface area (Å²) in [5.41, 5.74) is 0. The molecule has 0 aliphatic rings. The zero-order valence-corrected chi connectivity index (χ0v) is 4.41. The standard InChI is InChI=1S/C5H11B/c1-2-3-4-5-6/h2H,1,3-6H2. The van der Waals surface area contributed by atoms with Crippen molar-refractivity contribution in [1.82, 2.24) is 0 Å². The van der Waals surface area contributed by atoms with Gasteiger partial charge in [0.05, 0.1) is 0 Å². The molecule has 0 N–H and O–H groups in total. The van der Waals surface area contributed by atoms with Crippen LogP contribution < -0.4 is 0 Å². The van der Waals surface area contributed by atoms with Gasteiger partial charge in [-0.15, -0.1) is 6.58 Å². The molecule has 0 aromatic heterocycles. The van der Waals surface area contributed by atoms with Gasteiger partial charge in [-0.3, -0.25) is 0 Å². The van der Waals surface area contributed by atoms with Crippen molar-refractivity contribution in [1.29, 1.82) is 0 Å². The lowest BCUT2D eigenvalue weighted by Crippen LogP contribution is -1.65. The third-order valence-corrected chi connectivity index (χ3v) is 0.762. The first kappa shape index (κ1) is 5.80. The van der Waals surface area contributed by atoms with Gasteiger partial charge >= 0.3 is 0 Å². The van der Waals surface area contributed by atoms with Crippen molar-refractivity contribution in [2.75, 3.05) is 0 Å². The Bertz CT molecular complexity index is 32.9. The molecule has 0 aromatic carbocycles. The van der Waals surface area contributed by atoms with E-state index in [1.165, 1.54) is 19.2 Å². The van der Waals surface area contributed by atoms with Crippen LogP contribution in [0.5, 0.6) is 0 Å². The molecule has 1 heteroatoms. The molecule has 0 radical (unpaired) electrons. The summed E-state index contributed by atoms with van der Waals surface area (Å²) in [7, 11) is 2.18. The van der Waals surface area contributed by atoms with E-state index in [-0.39, 0.29) is 0 Å². The molecule has 0 heterocycles. The normalized spacial score (nSPS) is 8.00. The molecule has 6 heavy (non-hydrogen) atoms. The highest BCUT2D eigenvalue weighted by atomic mass is 13.7. The van der Waals surface area contributed by atoms with E-state index in [9.17, 15) is 0 Å². The molecule has 0 bridgehead atoms. The quantitative estimate of drug-likeness (QED) is 0.270. The van der Waals surface area contributed by atoms with Gasteiger partial charge < -0.3 is 0 Å². The van der Waals surface area contributed by atoms with Crippen LogP contribution in [0.15, 0.2) is 12.7 Å². The Morgan fingerprint density at radius 3 is 2.50 bits per heavy atom. The molecule has 0 fully saturated rings. The van der Waals surface area contributed by atoms with Gasteiger partial charge in [-0.05, 0) is 6.42 Å². The number of hydrogen-bond acceptors (Lipinski definition) is 0. The SMILES string of the molecule is BCCCC=C. The highest BCUT2D eigenvalue weighted by molar-refractivity contribution is 6.08. The Labute approximate surface area is 40.7 Å². The Hall–Kier alpha value is -0.195. The lowest BCUT2D eigenvalue weighted by molar-refractivity contribution is 0.958. The fraction of sp³-hybridized carbons (Fsp3) is 0.600. The van der Waals surface area contributed by atoms with Crippen LogP contribution in [-0.2, 0) is 0 Å². The van der Waals surface area contributed by atoms with Crippen LogP contribution >= 0.6 is 0 Å². The molecular weight excluding hydrogens is 70.9 g/mol. The summed E-state index contributed by atoms with van der Waals surface area (Å²) in [5, 5.41) is 0. The van der Waals surface area contributed by atoms with Crippen LogP contribution in [0.25, 0.3) is 0 Å². The number of hydrogen-bond donors (Lipinski definition) is 0. The van der Waals surface area contributed by atoms with Crippen molar-refractivity contribution < 1.29 is 0 Å². The Kier molecular flexibility index (Phi) is 4.65. The van der Waals surface area contributed by atoms with Gasteiger partial charge in [0.15, 0.2) is 0 Å². The largest absolute Gasteiger partial charge is 0.103 e. The molecule has 0 rings (SSSR count). The van der Waals surface area contributed by atoms with E-state index < -0.39 is 0 Å². The first-order chi connectivity index (χ1) is 2.91. The molecule has 0 nitrogen and oxygen atoms in total. The van der Waals surface area contributed by atoms with E-state index in [1.807, 2.05) is 6.08 Å². The van der Waals surface area contributed by atoms with E-state index in [4.69, 9.17) is 0 Å². The maximum atomic E-state index is 3.60. The smallest absolute Gasteiger partial charge is 0.101 e. The third kappa shape index (κ3) is 3.80. The molecule has 0 spiro atoms. The minimum Gasteiger partial charge on any atom is -0.103 e. The van der Waals surface area contributed by atoms with Crippen LogP contribution in [0.2, 0.25) is 6.32 Å². The Morgan fingerprint density at radius 1 is 1.67 bits per heavy atom. The van der Waals surface area contributed by atoms with Crippen molar-refractivity contribution in [2.24, 2.45) is 0 Å². The minimum absolute atomic E-state index is 1.18. The fourth-order valence-corrected chi connectivity index (χ4v) is 0.348. The van der Waals surface area contributed by atoms with Crippen molar-refractivity contribution in [2.45, 2.75) is 19.2 Å². The fourth-order valence-electron chi connectivity index (χ4n) is 0.348. The summed E-state index contributed by atoms with van der Waals surface area (Å²) < 4.78 is 0. The van der Waals surface area contributed by atoms with Crippen LogP contribution in [0, 0.1) is 0 Å². The van der Waals surface area contributed by atoms with Gasteiger partial charge in [-0.25, -0.2) is 0 Å². The van der Waals surface area contributed by atoms with E-state index in [1.54, 1.807) is 0 Å². The molecule has 0 saturated carbocycles. The maximum Gasteiger partial charge on any atom is 0.101 e. The molecule has 0 aliphatic heterocycles. The predicted octanol–water partition coefficient (Wildman–Crippen LogP) is 1.00. The first-order valence-corrected chi connectivity index (χ1v) is 2.52. The maximum absolute atomic E-state index is 3.60. The molecule has 0 aliphatic carbocycles. The van der Waals surface area contributed by atoms with Crippen molar-refractivity contribution in [3.8, 4) is 0 Å². The highest BCUT2D eigenvalue weighted by Crippen LogP contribution is 1.90. The summed E-state index contributed by atoms with van der Waals surface area (Å²) in [5.74, 6) is 0. The van der Waals surface area contributed by atoms with E-state index >= 15 is 0 Å². The van der Waals surface area contributed by atoms with Gasteiger partial charge in [0.2, 0.25) is 0 Å². The lowest BCUT2D eigenvalue weighted by atomic mass is 10.0. The minimum atomic E-state index is 1.18. The summed E-state index contributed by atoms with van der Waals surface area (Å²) in [4.78, 5) is 0. The van der Waals surface area contributed by atoms with Gasteiger partial charge in [0.25, 0.3) is 0 Å². The predicted molar refractivity (Wildman–Crippen MR) is 32.8 cm³/mol. The van der Waals surface area contributed by atoms with Crippen molar-refractivity contribution in [3.05, 3.63) is 12.7 Å². The topological polar surface area (TPSA) is 0 Å². The van der Waals surface area contributed by atoms with E-state index in [0.29, 0.717) is 0 Å². The summed E-state index contributed by atoms with van der Waals surface area (Å²) in [6, 6.07) is 0. The van der Waals surface area contributed by atoms with Gasteiger partial charge in [0.1, 0.15) is 7.85 Å². The monoisotopic (exact) mass is 82.1 g/mol. The number of rotatable bonds is 3. The molecule has 0 aromatic rings. The van der Waals surface area contributed by atoms with E-state index in [2.05, 4.69) is 14.4 Å². The van der Waals surface area contributed by atoms with Gasteiger partial charge in [0, 0.05) is 0 Å². The summed E-state index contributed by atoms with van der Waals surface area (Å²) >= 11 is 0. The van der Waals surface area contributed by atoms with Gasteiger partial charge in [-0.1, -0.05) is 18.8 Å². The third-order valence-electron chi connectivity index (χ3n) is 0.762. The zero-order valence-electron chi connectivity index (χ0n) is 4.41. The van der Waals surface area contributed by atoms with Crippen LogP contribution in [-0.4, -0.2) is 7.85 Å².